The van der Waals surface area contributed by atoms with Gasteiger partial charge < -0.3 is 0 Å². The van der Waals surface area contributed by atoms with Gasteiger partial charge in [-0.05, 0) is 0 Å². The second-order valence-corrected chi connectivity index (χ2v) is 3.33. The van der Waals surface area contributed by atoms with Gasteiger partial charge in [-0.1, -0.05) is 60.7 Å². The van der Waals surface area contributed by atoms with E-state index in [0.717, 1.165) is 11.1 Å². The van der Waals surface area contributed by atoms with Gasteiger partial charge in [-0.25, -0.2) is 0 Å². The molecule has 0 bridgehead atoms. The molecule has 18 heavy (non-hydrogen) atoms. The van der Waals surface area contributed by atoms with E-state index >= 15 is 0 Å². The van der Waals surface area contributed by atoms with Crippen LogP contribution in [0.1, 0.15) is 15.9 Å². The lowest BCUT2D eigenvalue weighted by atomic mass is 10.0. The average molecular weight is 236 g/mol. The number of benzene rings is 2. The fourth-order valence-electron chi connectivity index (χ4n) is 1.35. The molecular weight excluding hydrogens is 224 g/mol. The van der Waals surface area contributed by atoms with E-state index in [2.05, 4.69) is 0 Å². The van der Waals surface area contributed by atoms with E-state index in [1.807, 2.05) is 60.7 Å². The molecule has 0 aliphatic heterocycles. The van der Waals surface area contributed by atoms with Crippen LogP contribution in [-0.2, 0) is 0 Å². The molecule has 0 aliphatic rings. The molecule has 0 saturated heterocycles. The highest BCUT2D eigenvalue weighted by Crippen LogP contribution is 2.08. The van der Waals surface area contributed by atoms with Crippen molar-refractivity contribution in [3.8, 4) is 6.07 Å². The Balaban J connectivity index is 0.000000357. The molecular formula is C15H12N2O. The van der Waals surface area contributed by atoms with Gasteiger partial charge in [-0.2, -0.15) is 5.26 Å². The van der Waals surface area contributed by atoms with Gasteiger partial charge in [0.1, 0.15) is 6.07 Å². The van der Waals surface area contributed by atoms with E-state index in [4.69, 9.17) is 10.7 Å². The first-order valence-corrected chi connectivity index (χ1v) is 5.33. The number of nitriles is 1. The molecule has 2 aromatic rings. The Kier molecular flexibility index (Phi) is 5.58. The van der Waals surface area contributed by atoms with Gasteiger partial charge in [0.05, 0.1) is 6.21 Å². The highest BCUT2D eigenvalue weighted by atomic mass is 16.1. The van der Waals surface area contributed by atoms with Crippen molar-refractivity contribution in [2.24, 2.45) is 0 Å². The molecule has 0 radical (unpaired) electrons. The molecule has 0 aromatic heterocycles. The maximum absolute atomic E-state index is 11.8. The Labute approximate surface area is 106 Å². The molecule has 1 N–H and O–H groups in total. The monoisotopic (exact) mass is 236 g/mol. The first kappa shape index (κ1) is 13.3. The molecule has 88 valence electrons. The molecule has 3 heteroatoms. The zero-order valence-corrected chi connectivity index (χ0v) is 9.71. The third kappa shape index (κ3) is 4.03. The van der Waals surface area contributed by atoms with Crippen LogP contribution in [0.3, 0.4) is 0 Å². The third-order valence-electron chi connectivity index (χ3n) is 2.14. The van der Waals surface area contributed by atoms with E-state index < -0.39 is 0 Å². The normalized spacial score (nSPS) is 8.39. The molecule has 0 spiro atoms. The van der Waals surface area contributed by atoms with Crippen molar-refractivity contribution in [2.45, 2.75) is 0 Å². The van der Waals surface area contributed by atoms with Crippen molar-refractivity contribution in [2.75, 3.05) is 0 Å². The van der Waals surface area contributed by atoms with E-state index in [0.29, 0.717) is 6.21 Å². The zero-order valence-electron chi connectivity index (χ0n) is 9.71. The van der Waals surface area contributed by atoms with Crippen molar-refractivity contribution >= 4 is 12.0 Å². The number of carbonyl (C=O) groups excluding carboxylic acids is 1. The summed E-state index contributed by atoms with van der Waals surface area (Å²) in [5, 5.41) is 13.3. The highest BCUT2D eigenvalue weighted by Gasteiger charge is 2.06. The fourth-order valence-corrected chi connectivity index (χ4v) is 1.35. The van der Waals surface area contributed by atoms with Crippen LogP contribution in [0.15, 0.2) is 60.7 Å². The fraction of sp³-hybridized carbons (Fsp3) is 0. The summed E-state index contributed by atoms with van der Waals surface area (Å²) < 4.78 is 0. The topological polar surface area (TPSA) is 64.7 Å². The standard InChI is InChI=1S/C13H10O.C2H2N2/c14-13(11-7-3-1-4-8-11)12-9-5-2-6-10-12;3-1-2-4/h1-10H;1,3H. The zero-order chi connectivity index (χ0) is 13.2. The lowest BCUT2D eigenvalue weighted by Crippen LogP contribution is -1.99. The predicted octanol–water partition coefficient (Wildman–Crippen LogP) is 3.08. The van der Waals surface area contributed by atoms with E-state index in [9.17, 15) is 4.79 Å². The summed E-state index contributed by atoms with van der Waals surface area (Å²) in [6, 6.07) is 20.1. The number of carbonyl (C=O) groups is 1. The van der Waals surface area contributed by atoms with Crippen LogP contribution in [0.4, 0.5) is 0 Å². The molecule has 0 unspecified atom stereocenters. The number of nitrogens with one attached hydrogen (secondary N) is 1. The largest absolute Gasteiger partial charge is 0.298 e. The van der Waals surface area contributed by atoms with Gasteiger partial charge in [0.25, 0.3) is 0 Å². The average Bonchev–Trinajstić information content (AvgIpc) is 2.48. The second-order valence-electron chi connectivity index (χ2n) is 3.33. The molecule has 0 atom stereocenters. The van der Waals surface area contributed by atoms with Gasteiger partial charge in [0.2, 0.25) is 0 Å². The van der Waals surface area contributed by atoms with Gasteiger partial charge >= 0.3 is 0 Å². The lowest BCUT2D eigenvalue weighted by Gasteiger charge is -1.99. The maximum Gasteiger partial charge on any atom is 0.193 e. The van der Waals surface area contributed by atoms with Crippen molar-refractivity contribution in [3.05, 3.63) is 71.8 Å². The Hall–Kier alpha value is -2.73. The first-order chi connectivity index (χ1) is 8.79. The smallest absolute Gasteiger partial charge is 0.193 e. The number of hydrogen-bond donors (Lipinski definition) is 1. The van der Waals surface area contributed by atoms with Crippen LogP contribution < -0.4 is 0 Å². The van der Waals surface area contributed by atoms with Crippen molar-refractivity contribution in [3.63, 3.8) is 0 Å². The minimum atomic E-state index is 0.0752. The number of hydrogen-bond acceptors (Lipinski definition) is 3. The minimum absolute atomic E-state index is 0.0752. The Morgan fingerprint density at radius 3 is 1.56 bits per heavy atom. The summed E-state index contributed by atoms with van der Waals surface area (Å²) in [5.41, 5.74) is 1.47. The van der Waals surface area contributed by atoms with E-state index in [-0.39, 0.29) is 5.78 Å². The van der Waals surface area contributed by atoms with Crippen molar-refractivity contribution < 1.29 is 4.79 Å². The summed E-state index contributed by atoms with van der Waals surface area (Å²) in [6.45, 7) is 0. The molecule has 0 saturated carbocycles. The Bertz CT molecular complexity index is 500. The number of nitrogens with zero attached hydrogens (tertiary/aromatic N) is 1. The lowest BCUT2D eigenvalue weighted by molar-refractivity contribution is 0.103. The van der Waals surface area contributed by atoms with Crippen molar-refractivity contribution in [1.82, 2.24) is 0 Å². The summed E-state index contributed by atoms with van der Waals surface area (Å²) in [6.07, 6.45) is 0.681. The highest BCUT2D eigenvalue weighted by molar-refractivity contribution is 6.08. The Morgan fingerprint density at radius 1 is 0.944 bits per heavy atom. The maximum atomic E-state index is 11.8. The SMILES string of the molecule is N#CC=N.O=C(c1ccccc1)c1ccccc1. The first-order valence-electron chi connectivity index (χ1n) is 5.33. The van der Waals surface area contributed by atoms with E-state index in [1.165, 1.54) is 6.07 Å². The third-order valence-corrected chi connectivity index (χ3v) is 2.14. The van der Waals surface area contributed by atoms with Crippen LogP contribution >= 0.6 is 0 Å². The molecule has 0 aliphatic carbocycles. The summed E-state index contributed by atoms with van der Waals surface area (Å²) >= 11 is 0. The van der Waals surface area contributed by atoms with Gasteiger partial charge in [0.15, 0.2) is 5.78 Å². The summed E-state index contributed by atoms with van der Waals surface area (Å²) in [7, 11) is 0. The van der Waals surface area contributed by atoms with Crippen LogP contribution in [0.2, 0.25) is 0 Å². The van der Waals surface area contributed by atoms with Crippen molar-refractivity contribution in [1.29, 1.82) is 10.7 Å². The summed E-state index contributed by atoms with van der Waals surface area (Å²) in [5.74, 6) is 0.0752. The molecule has 3 nitrogen and oxygen atoms in total. The predicted molar refractivity (Wildman–Crippen MR) is 70.7 cm³/mol. The van der Waals surface area contributed by atoms with Crippen LogP contribution in [-0.4, -0.2) is 12.0 Å². The molecule has 0 amide bonds. The second kappa shape index (κ2) is 7.53. The number of ketones is 1. The Morgan fingerprint density at radius 2 is 1.28 bits per heavy atom. The van der Waals surface area contributed by atoms with Crippen LogP contribution in [0, 0.1) is 16.7 Å². The van der Waals surface area contributed by atoms with Gasteiger partial charge in [0, 0.05) is 11.1 Å². The minimum Gasteiger partial charge on any atom is -0.298 e. The van der Waals surface area contributed by atoms with E-state index in [1.54, 1.807) is 0 Å². The van der Waals surface area contributed by atoms with Gasteiger partial charge in [-0.15, -0.1) is 0 Å². The molecule has 0 fully saturated rings. The van der Waals surface area contributed by atoms with Crippen LogP contribution in [0.5, 0.6) is 0 Å². The quantitative estimate of drug-likeness (QED) is 0.643. The summed E-state index contributed by atoms with van der Waals surface area (Å²) in [4.78, 5) is 11.8. The molecule has 2 rings (SSSR count). The van der Waals surface area contributed by atoms with Gasteiger partial charge in [-0.3, -0.25) is 10.2 Å². The molecule has 0 heterocycles. The van der Waals surface area contributed by atoms with Crippen LogP contribution in [0.25, 0.3) is 0 Å². The number of rotatable bonds is 2. The molecule has 2 aromatic carbocycles.